The highest BCUT2D eigenvalue weighted by atomic mass is 16.3. The molecular formula is C53H40N2O. The summed E-state index contributed by atoms with van der Waals surface area (Å²) in [6, 6.07) is 67.0. The van der Waals surface area contributed by atoms with Gasteiger partial charge in [-0.3, -0.25) is 0 Å². The molecule has 3 unspecified atom stereocenters. The number of para-hydroxylation sites is 3. The van der Waals surface area contributed by atoms with E-state index < -0.39 is 0 Å². The Morgan fingerprint density at radius 2 is 0.946 bits per heavy atom. The fourth-order valence-electron chi connectivity index (χ4n) is 11.2. The third kappa shape index (κ3) is 4.52. The number of nitrogens with zero attached hydrogens (tertiary/aromatic N) is 2. The molecule has 3 heteroatoms. The zero-order valence-corrected chi connectivity index (χ0v) is 31.1. The highest BCUT2D eigenvalue weighted by molar-refractivity contribution is 6.06. The maximum atomic E-state index is 6.51. The van der Waals surface area contributed by atoms with Gasteiger partial charge in [0.05, 0.1) is 11.4 Å². The molecule has 1 spiro atoms. The van der Waals surface area contributed by atoms with E-state index in [0.717, 1.165) is 46.2 Å². The van der Waals surface area contributed by atoms with Gasteiger partial charge in [-0.1, -0.05) is 109 Å². The standard InChI is InChI=1S/C53H40N2O/c1-3-17-41(18-4-1)54(43-28-25-35-13-7-8-14-36(35)33-43)47-22-11-15-37-31-39-26-27-40-32-38-16-12-23-48(52(38)53(39,40)51(37)47)55(42-19-5-2-6-20-42)44-29-30-46-45-21-9-10-24-49(45)56-50(46)34-44/h1-25,28-30,33-34,39-40H,26-27,31-32H2. The van der Waals surface area contributed by atoms with Crippen LogP contribution in [0.4, 0.5) is 34.1 Å². The molecule has 3 atom stereocenters. The summed E-state index contributed by atoms with van der Waals surface area (Å²) in [6.45, 7) is 0. The molecule has 3 nitrogen and oxygen atoms in total. The van der Waals surface area contributed by atoms with Crippen molar-refractivity contribution < 1.29 is 4.42 Å². The van der Waals surface area contributed by atoms with Gasteiger partial charge in [-0.15, -0.1) is 0 Å². The fourth-order valence-corrected chi connectivity index (χ4v) is 11.2. The maximum Gasteiger partial charge on any atom is 0.137 e. The zero-order chi connectivity index (χ0) is 36.8. The van der Waals surface area contributed by atoms with E-state index in [1.54, 1.807) is 0 Å². The van der Waals surface area contributed by atoms with E-state index >= 15 is 0 Å². The second kappa shape index (κ2) is 12.2. The molecule has 0 N–H and O–H groups in total. The van der Waals surface area contributed by atoms with Gasteiger partial charge < -0.3 is 14.2 Å². The Kier molecular flexibility index (Phi) is 6.92. The van der Waals surface area contributed by atoms with Crippen molar-refractivity contribution in [3.8, 4) is 0 Å². The van der Waals surface area contributed by atoms with E-state index in [1.807, 2.05) is 0 Å². The second-order valence-electron chi connectivity index (χ2n) is 16.0. The average molecular weight is 721 g/mol. The van der Waals surface area contributed by atoms with Crippen LogP contribution in [0.2, 0.25) is 0 Å². The number of benzene rings is 8. The second-order valence-corrected chi connectivity index (χ2v) is 16.0. The number of hydrogen-bond acceptors (Lipinski definition) is 3. The van der Waals surface area contributed by atoms with E-state index in [2.05, 4.69) is 192 Å². The highest BCUT2D eigenvalue weighted by Crippen LogP contribution is 2.68. The van der Waals surface area contributed by atoms with Crippen LogP contribution in [0.1, 0.15) is 35.1 Å². The van der Waals surface area contributed by atoms with Crippen molar-refractivity contribution in [1.82, 2.24) is 0 Å². The van der Waals surface area contributed by atoms with E-state index in [9.17, 15) is 0 Å². The topological polar surface area (TPSA) is 19.6 Å². The fraction of sp³-hybridized carbons (Fsp3) is 0.132. The summed E-state index contributed by atoms with van der Waals surface area (Å²) in [4.78, 5) is 5.06. The van der Waals surface area contributed by atoms with E-state index in [1.165, 1.54) is 68.6 Å². The lowest BCUT2D eigenvalue weighted by molar-refractivity contribution is 0.350. The number of fused-ring (bicyclic) bond motifs is 6. The molecule has 9 aromatic rings. The van der Waals surface area contributed by atoms with Gasteiger partial charge >= 0.3 is 0 Å². The Morgan fingerprint density at radius 1 is 0.411 bits per heavy atom. The highest BCUT2D eigenvalue weighted by Gasteiger charge is 2.62. The molecule has 1 saturated carbocycles. The summed E-state index contributed by atoms with van der Waals surface area (Å²) in [7, 11) is 0. The predicted molar refractivity (Wildman–Crippen MR) is 231 cm³/mol. The lowest BCUT2D eigenvalue weighted by Gasteiger charge is -2.40. The Hall–Kier alpha value is -6.58. The normalized spacial score (nSPS) is 19.2. The van der Waals surface area contributed by atoms with Crippen molar-refractivity contribution in [3.05, 3.63) is 204 Å². The first-order chi connectivity index (χ1) is 27.8. The van der Waals surface area contributed by atoms with Crippen molar-refractivity contribution >= 4 is 66.8 Å². The van der Waals surface area contributed by atoms with Gasteiger partial charge in [0.1, 0.15) is 11.2 Å². The molecule has 8 aromatic carbocycles. The van der Waals surface area contributed by atoms with Gasteiger partial charge in [-0.2, -0.15) is 0 Å². The SMILES string of the molecule is c1ccc(N(c2ccc3ccccc3c2)c2cccc3c2C24c5c(cccc5N(c5ccccc5)c5ccc6c(c5)oc5ccccc56)CC2CCC4C3)cc1. The predicted octanol–water partition coefficient (Wildman–Crippen LogP) is 14.1. The number of hydrogen-bond donors (Lipinski definition) is 0. The van der Waals surface area contributed by atoms with Crippen LogP contribution in [0.3, 0.4) is 0 Å². The molecule has 0 aliphatic heterocycles. The Balaban J connectivity index is 1.11. The summed E-state index contributed by atoms with van der Waals surface area (Å²) in [5.74, 6) is 1.05. The summed E-state index contributed by atoms with van der Waals surface area (Å²) < 4.78 is 6.51. The maximum absolute atomic E-state index is 6.51. The monoisotopic (exact) mass is 720 g/mol. The van der Waals surface area contributed by atoms with Crippen molar-refractivity contribution in [1.29, 1.82) is 0 Å². The number of anilines is 6. The van der Waals surface area contributed by atoms with Gasteiger partial charge in [0.2, 0.25) is 0 Å². The van der Waals surface area contributed by atoms with E-state index in [-0.39, 0.29) is 5.41 Å². The smallest absolute Gasteiger partial charge is 0.137 e. The van der Waals surface area contributed by atoms with Crippen LogP contribution in [0.15, 0.2) is 186 Å². The van der Waals surface area contributed by atoms with Crippen LogP contribution < -0.4 is 9.80 Å². The molecule has 268 valence electrons. The average Bonchev–Trinajstić information content (AvgIpc) is 3.98. The van der Waals surface area contributed by atoms with Gasteiger partial charge in [-0.05, 0) is 137 Å². The van der Waals surface area contributed by atoms with Crippen LogP contribution in [0, 0.1) is 11.8 Å². The largest absolute Gasteiger partial charge is 0.456 e. The minimum absolute atomic E-state index is 0.127. The van der Waals surface area contributed by atoms with Gasteiger partial charge in [0, 0.05) is 45.0 Å². The minimum Gasteiger partial charge on any atom is -0.456 e. The third-order valence-corrected chi connectivity index (χ3v) is 13.3. The van der Waals surface area contributed by atoms with Crippen LogP contribution in [-0.4, -0.2) is 0 Å². The molecule has 0 bridgehead atoms. The molecule has 1 heterocycles. The molecule has 0 saturated heterocycles. The quantitative estimate of drug-likeness (QED) is 0.170. The van der Waals surface area contributed by atoms with Crippen LogP contribution in [-0.2, 0) is 18.3 Å². The first-order valence-corrected chi connectivity index (χ1v) is 20.1. The van der Waals surface area contributed by atoms with Crippen molar-refractivity contribution in [2.75, 3.05) is 9.80 Å². The van der Waals surface area contributed by atoms with Gasteiger partial charge in [0.15, 0.2) is 0 Å². The van der Waals surface area contributed by atoms with E-state index in [0.29, 0.717) is 11.8 Å². The molecule has 56 heavy (non-hydrogen) atoms. The Morgan fingerprint density at radius 3 is 1.61 bits per heavy atom. The Labute approximate surface area is 327 Å². The Bertz CT molecular complexity index is 2960. The molecule has 1 fully saturated rings. The zero-order valence-electron chi connectivity index (χ0n) is 31.1. The van der Waals surface area contributed by atoms with Crippen LogP contribution in [0.5, 0.6) is 0 Å². The van der Waals surface area contributed by atoms with Crippen LogP contribution in [0.25, 0.3) is 32.7 Å². The van der Waals surface area contributed by atoms with Crippen molar-refractivity contribution in [2.45, 2.75) is 31.1 Å². The summed E-state index contributed by atoms with van der Waals surface area (Å²) in [5.41, 5.74) is 14.9. The summed E-state index contributed by atoms with van der Waals surface area (Å²) >= 11 is 0. The lowest BCUT2D eigenvalue weighted by atomic mass is 9.68. The van der Waals surface area contributed by atoms with Gasteiger partial charge in [0.25, 0.3) is 0 Å². The molecule has 12 rings (SSSR count). The van der Waals surface area contributed by atoms with Crippen molar-refractivity contribution in [2.24, 2.45) is 11.8 Å². The third-order valence-electron chi connectivity index (χ3n) is 13.3. The number of rotatable bonds is 6. The van der Waals surface area contributed by atoms with Crippen molar-refractivity contribution in [3.63, 3.8) is 0 Å². The molecule has 0 radical (unpaired) electrons. The molecule has 1 aromatic heterocycles. The summed E-state index contributed by atoms with van der Waals surface area (Å²) in [6.07, 6.45) is 4.68. The molecule has 3 aliphatic carbocycles. The molecule has 0 amide bonds. The first-order valence-electron chi connectivity index (χ1n) is 20.1. The minimum atomic E-state index is -0.127. The first kappa shape index (κ1) is 31.7. The van der Waals surface area contributed by atoms with Gasteiger partial charge in [-0.25, -0.2) is 0 Å². The molecular weight excluding hydrogens is 681 g/mol. The lowest BCUT2D eigenvalue weighted by Crippen LogP contribution is -2.34. The number of furan rings is 1. The van der Waals surface area contributed by atoms with Crippen LogP contribution >= 0.6 is 0 Å². The summed E-state index contributed by atoms with van der Waals surface area (Å²) in [5, 5.41) is 4.81. The molecule has 3 aliphatic rings. The van der Waals surface area contributed by atoms with E-state index in [4.69, 9.17) is 4.42 Å².